The summed E-state index contributed by atoms with van der Waals surface area (Å²) in [5, 5.41) is 10.3. The first-order chi connectivity index (χ1) is 20.7. The Balaban J connectivity index is 1.33. The van der Waals surface area contributed by atoms with Crippen LogP contribution in [0.15, 0.2) is 158 Å². The van der Waals surface area contributed by atoms with E-state index >= 15 is 0 Å². The Hall–Kier alpha value is -5.40. The van der Waals surface area contributed by atoms with Crippen molar-refractivity contribution in [2.45, 2.75) is 6.92 Å². The van der Waals surface area contributed by atoms with Gasteiger partial charge in [-0.1, -0.05) is 127 Å². The molecule has 0 fully saturated rings. The summed E-state index contributed by atoms with van der Waals surface area (Å²) in [5.74, 6) is 0. The molecule has 8 rings (SSSR count). The van der Waals surface area contributed by atoms with Gasteiger partial charge >= 0.3 is 0 Å². The number of fused-ring (bicyclic) bond motifs is 7. The second-order valence-electron chi connectivity index (χ2n) is 11.1. The van der Waals surface area contributed by atoms with Crippen molar-refractivity contribution in [3.05, 3.63) is 163 Å². The van der Waals surface area contributed by atoms with Gasteiger partial charge in [-0.15, -0.1) is 0 Å². The first-order valence-corrected chi connectivity index (χ1v) is 14.5. The predicted molar refractivity (Wildman–Crippen MR) is 181 cm³/mol. The molecule has 0 aromatic heterocycles. The van der Waals surface area contributed by atoms with Crippen LogP contribution in [0.3, 0.4) is 0 Å². The van der Waals surface area contributed by atoms with Crippen LogP contribution >= 0.6 is 0 Å². The second kappa shape index (κ2) is 9.90. The van der Waals surface area contributed by atoms with Gasteiger partial charge in [0.1, 0.15) is 0 Å². The molecule has 42 heavy (non-hydrogen) atoms. The number of rotatable bonds is 4. The Labute approximate surface area is 245 Å². The van der Waals surface area contributed by atoms with E-state index < -0.39 is 0 Å². The first-order valence-electron chi connectivity index (χ1n) is 14.5. The number of hydrogen-bond acceptors (Lipinski definition) is 1. The van der Waals surface area contributed by atoms with Crippen molar-refractivity contribution in [2.75, 3.05) is 4.90 Å². The van der Waals surface area contributed by atoms with Gasteiger partial charge in [0.2, 0.25) is 0 Å². The van der Waals surface area contributed by atoms with Crippen molar-refractivity contribution in [3.63, 3.8) is 0 Å². The summed E-state index contributed by atoms with van der Waals surface area (Å²) in [6, 6.07) is 57.4. The van der Waals surface area contributed by atoms with E-state index in [-0.39, 0.29) is 0 Å². The zero-order valence-corrected chi connectivity index (χ0v) is 23.5. The Morgan fingerprint density at radius 2 is 0.929 bits per heavy atom. The van der Waals surface area contributed by atoms with Crippen molar-refractivity contribution < 1.29 is 0 Å². The Kier molecular flexibility index (Phi) is 5.75. The molecule has 0 saturated heterocycles. The van der Waals surface area contributed by atoms with Crippen LogP contribution in [-0.4, -0.2) is 0 Å². The van der Waals surface area contributed by atoms with Gasteiger partial charge in [0.25, 0.3) is 0 Å². The predicted octanol–water partition coefficient (Wildman–Crippen LogP) is 11.7. The molecule has 0 aliphatic rings. The molecule has 1 nitrogen and oxygen atoms in total. The monoisotopic (exact) mass is 535 g/mol. The van der Waals surface area contributed by atoms with Crippen LogP contribution in [-0.2, 0) is 0 Å². The van der Waals surface area contributed by atoms with Gasteiger partial charge in [0.05, 0.1) is 5.69 Å². The van der Waals surface area contributed by atoms with E-state index in [4.69, 9.17) is 0 Å². The van der Waals surface area contributed by atoms with E-state index in [0.29, 0.717) is 0 Å². The lowest BCUT2D eigenvalue weighted by Gasteiger charge is -2.27. The molecule has 8 aromatic rings. The fraction of sp³-hybridized carbons (Fsp3) is 0.0244. The molecule has 0 aliphatic heterocycles. The smallest absolute Gasteiger partial charge is 0.0540 e. The lowest BCUT2D eigenvalue weighted by molar-refractivity contribution is 1.30. The summed E-state index contributed by atoms with van der Waals surface area (Å²) >= 11 is 0. The van der Waals surface area contributed by atoms with Crippen LogP contribution in [0, 0.1) is 6.92 Å². The average Bonchev–Trinajstić information content (AvgIpc) is 3.05. The van der Waals surface area contributed by atoms with Crippen molar-refractivity contribution in [1.29, 1.82) is 0 Å². The minimum atomic E-state index is 1.13. The van der Waals surface area contributed by atoms with Gasteiger partial charge in [0.15, 0.2) is 0 Å². The Morgan fingerprint density at radius 1 is 0.357 bits per heavy atom. The molecule has 0 spiro atoms. The highest BCUT2D eigenvalue weighted by molar-refractivity contribution is 6.25. The lowest BCUT2D eigenvalue weighted by atomic mass is 9.91. The van der Waals surface area contributed by atoms with Gasteiger partial charge in [-0.25, -0.2) is 0 Å². The third-order valence-corrected chi connectivity index (χ3v) is 8.45. The minimum Gasteiger partial charge on any atom is -0.310 e. The fourth-order valence-electron chi connectivity index (χ4n) is 6.48. The van der Waals surface area contributed by atoms with E-state index in [2.05, 4.69) is 170 Å². The molecule has 0 saturated carbocycles. The highest BCUT2D eigenvalue weighted by atomic mass is 15.1. The number of anilines is 3. The van der Waals surface area contributed by atoms with E-state index in [9.17, 15) is 0 Å². The SMILES string of the molecule is Cc1ccc2c3ccc(-c4cccc(N(c5ccccc5)c5cccc6ccccc56)c4)cc3c3ccccc3c2c1. The zero-order chi connectivity index (χ0) is 28.0. The topological polar surface area (TPSA) is 3.24 Å². The molecule has 0 atom stereocenters. The maximum Gasteiger partial charge on any atom is 0.0540 e. The maximum absolute atomic E-state index is 2.38. The largest absolute Gasteiger partial charge is 0.310 e. The van der Waals surface area contributed by atoms with Crippen LogP contribution in [0.2, 0.25) is 0 Å². The molecule has 0 radical (unpaired) electrons. The quantitative estimate of drug-likeness (QED) is 0.203. The summed E-state index contributed by atoms with van der Waals surface area (Å²) in [7, 11) is 0. The van der Waals surface area contributed by atoms with E-state index in [1.165, 1.54) is 65.5 Å². The fourth-order valence-corrected chi connectivity index (χ4v) is 6.48. The molecular weight excluding hydrogens is 506 g/mol. The first kappa shape index (κ1) is 24.4. The molecular formula is C41H29N. The Morgan fingerprint density at radius 3 is 1.74 bits per heavy atom. The molecule has 198 valence electrons. The molecule has 0 aliphatic carbocycles. The van der Waals surface area contributed by atoms with Gasteiger partial charge in [-0.2, -0.15) is 0 Å². The van der Waals surface area contributed by atoms with E-state index in [1.807, 2.05) is 0 Å². The molecule has 0 bridgehead atoms. The van der Waals surface area contributed by atoms with Crippen LogP contribution in [0.1, 0.15) is 5.56 Å². The highest BCUT2D eigenvalue weighted by Crippen LogP contribution is 2.41. The normalized spacial score (nSPS) is 11.5. The lowest BCUT2D eigenvalue weighted by Crippen LogP contribution is -2.10. The van der Waals surface area contributed by atoms with Crippen molar-refractivity contribution in [2.24, 2.45) is 0 Å². The van der Waals surface area contributed by atoms with Crippen LogP contribution in [0.4, 0.5) is 17.1 Å². The third-order valence-electron chi connectivity index (χ3n) is 8.45. The Bertz CT molecular complexity index is 2240. The van der Waals surface area contributed by atoms with Crippen LogP contribution < -0.4 is 4.90 Å². The van der Waals surface area contributed by atoms with Gasteiger partial charge < -0.3 is 4.90 Å². The minimum absolute atomic E-state index is 1.13. The standard InChI is InChI=1S/C41H29N/c1-28-21-23-37-38-24-22-31(27-40(38)36-19-8-7-18-35(36)39(37)25-28)30-13-9-16-33(26-30)42(32-14-3-2-4-15-32)41-20-10-12-29-11-5-6-17-34(29)41/h2-27H,1H3. The zero-order valence-electron chi connectivity index (χ0n) is 23.5. The highest BCUT2D eigenvalue weighted by Gasteiger charge is 2.16. The molecule has 0 N–H and O–H groups in total. The van der Waals surface area contributed by atoms with Crippen molar-refractivity contribution in [1.82, 2.24) is 0 Å². The van der Waals surface area contributed by atoms with Crippen molar-refractivity contribution >= 4 is 60.2 Å². The van der Waals surface area contributed by atoms with Crippen LogP contribution in [0.5, 0.6) is 0 Å². The van der Waals surface area contributed by atoms with Gasteiger partial charge in [0, 0.05) is 16.8 Å². The maximum atomic E-state index is 2.38. The molecule has 1 heteroatoms. The van der Waals surface area contributed by atoms with Crippen molar-refractivity contribution in [3.8, 4) is 11.1 Å². The number of nitrogens with zero attached hydrogens (tertiary/aromatic N) is 1. The summed E-state index contributed by atoms with van der Waals surface area (Å²) in [4.78, 5) is 2.37. The molecule has 0 heterocycles. The average molecular weight is 536 g/mol. The third kappa shape index (κ3) is 4.02. The summed E-state index contributed by atoms with van der Waals surface area (Å²) in [6.45, 7) is 2.17. The van der Waals surface area contributed by atoms with Crippen LogP contribution in [0.25, 0.3) is 54.2 Å². The number of para-hydroxylation sites is 1. The summed E-state index contributed by atoms with van der Waals surface area (Å²) in [6.07, 6.45) is 0. The summed E-state index contributed by atoms with van der Waals surface area (Å²) < 4.78 is 0. The number of benzene rings is 8. The molecule has 8 aromatic carbocycles. The number of aryl methyl sites for hydroxylation is 1. The van der Waals surface area contributed by atoms with Gasteiger partial charge in [-0.05, 0) is 92.2 Å². The van der Waals surface area contributed by atoms with E-state index in [0.717, 1.165) is 11.4 Å². The van der Waals surface area contributed by atoms with Gasteiger partial charge in [-0.3, -0.25) is 0 Å². The van der Waals surface area contributed by atoms with E-state index in [1.54, 1.807) is 0 Å². The molecule has 0 amide bonds. The second-order valence-corrected chi connectivity index (χ2v) is 11.1. The molecule has 0 unspecified atom stereocenters. The number of hydrogen-bond donors (Lipinski definition) is 0. The summed E-state index contributed by atoms with van der Waals surface area (Å²) in [5.41, 5.74) is 7.14.